The molecule has 1 heterocycles. The Kier molecular flexibility index (Phi) is 4.01. The zero-order valence-corrected chi connectivity index (χ0v) is 11.8. The van der Waals surface area contributed by atoms with Gasteiger partial charge in [-0.2, -0.15) is 0 Å². The highest BCUT2D eigenvalue weighted by atomic mass is 35.5. The summed E-state index contributed by atoms with van der Waals surface area (Å²) in [4.78, 5) is 4.44. The fourth-order valence-corrected chi connectivity index (χ4v) is 2.86. The van der Waals surface area contributed by atoms with E-state index >= 15 is 0 Å². The summed E-state index contributed by atoms with van der Waals surface area (Å²) in [7, 11) is 0. The van der Waals surface area contributed by atoms with Crippen LogP contribution in [-0.4, -0.2) is 22.7 Å². The molecule has 20 heavy (non-hydrogen) atoms. The van der Waals surface area contributed by atoms with E-state index in [1.807, 2.05) is 24.3 Å². The van der Waals surface area contributed by atoms with Crippen molar-refractivity contribution in [3.63, 3.8) is 0 Å². The van der Waals surface area contributed by atoms with Crippen LogP contribution in [0.25, 0.3) is 10.9 Å². The third kappa shape index (κ3) is 2.70. The predicted molar refractivity (Wildman–Crippen MR) is 81.7 cm³/mol. The number of halogens is 1. The number of aromatic nitrogens is 1. The highest BCUT2D eigenvalue weighted by Crippen LogP contribution is 2.25. The van der Waals surface area contributed by atoms with Gasteiger partial charge < -0.3 is 10.4 Å². The first kappa shape index (κ1) is 13.6. The molecule has 3 nitrogen and oxygen atoms in total. The number of pyridine rings is 1. The van der Waals surface area contributed by atoms with Gasteiger partial charge in [-0.3, -0.25) is 4.98 Å². The SMILES string of the molecule is OC[C@H]1C=C[C@@H](NCc2ccc(Cl)c3cccnc23)C1. The zero-order chi connectivity index (χ0) is 13.9. The maximum Gasteiger partial charge on any atom is 0.0761 e. The third-order valence-electron chi connectivity index (χ3n) is 3.76. The maximum atomic E-state index is 9.14. The lowest BCUT2D eigenvalue weighted by Crippen LogP contribution is -2.26. The molecule has 0 saturated carbocycles. The van der Waals surface area contributed by atoms with E-state index in [-0.39, 0.29) is 12.5 Å². The highest BCUT2D eigenvalue weighted by Gasteiger charge is 2.17. The van der Waals surface area contributed by atoms with Crippen molar-refractivity contribution in [3.05, 3.63) is 53.2 Å². The largest absolute Gasteiger partial charge is 0.396 e. The molecule has 0 saturated heterocycles. The molecular weight excluding hydrogens is 272 g/mol. The molecule has 0 spiro atoms. The first-order chi connectivity index (χ1) is 9.78. The number of hydrogen-bond acceptors (Lipinski definition) is 3. The Labute approximate surface area is 123 Å². The average molecular weight is 289 g/mol. The predicted octanol–water partition coefficient (Wildman–Crippen LogP) is 2.91. The van der Waals surface area contributed by atoms with Crippen molar-refractivity contribution < 1.29 is 5.11 Å². The van der Waals surface area contributed by atoms with Gasteiger partial charge in [-0.05, 0) is 30.2 Å². The third-order valence-corrected chi connectivity index (χ3v) is 4.09. The van der Waals surface area contributed by atoms with E-state index in [0.29, 0.717) is 6.04 Å². The summed E-state index contributed by atoms with van der Waals surface area (Å²) in [6.45, 7) is 0.970. The Balaban J connectivity index is 1.75. The van der Waals surface area contributed by atoms with Gasteiger partial charge in [0.15, 0.2) is 0 Å². The van der Waals surface area contributed by atoms with Crippen molar-refractivity contribution in [2.24, 2.45) is 5.92 Å². The summed E-state index contributed by atoms with van der Waals surface area (Å²) in [5, 5.41) is 14.4. The lowest BCUT2D eigenvalue weighted by Gasteiger charge is -2.14. The van der Waals surface area contributed by atoms with Crippen molar-refractivity contribution in [2.45, 2.75) is 19.0 Å². The topological polar surface area (TPSA) is 45.1 Å². The second-order valence-electron chi connectivity index (χ2n) is 5.16. The molecule has 0 radical (unpaired) electrons. The van der Waals surface area contributed by atoms with E-state index in [1.54, 1.807) is 6.20 Å². The monoisotopic (exact) mass is 288 g/mol. The summed E-state index contributed by atoms with van der Waals surface area (Å²) >= 11 is 6.19. The number of hydrogen-bond donors (Lipinski definition) is 2. The second-order valence-corrected chi connectivity index (χ2v) is 5.56. The maximum absolute atomic E-state index is 9.14. The Morgan fingerprint density at radius 3 is 3.00 bits per heavy atom. The van der Waals surface area contributed by atoms with Gasteiger partial charge in [-0.15, -0.1) is 0 Å². The molecule has 104 valence electrons. The molecule has 0 amide bonds. The number of fused-ring (bicyclic) bond motifs is 1. The normalized spacial score (nSPS) is 21.7. The molecule has 1 aromatic heterocycles. The molecule has 0 aliphatic heterocycles. The van der Waals surface area contributed by atoms with E-state index in [1.165, 1.54) is 0 Å². The van der Waals surface area contributed by atoms with Crippen LogP contribution < -0.4 is 5.32 Å². The lowest BCUT2D eigenvalue weighted by molar-refractivity contribution is 0.246. The standard InChI is InChI=1S/C16H17ClN2O/c17-15-6-4-12(16-14(15)2-1-7-18-16)9-19-13-5-3-11(8-13)10-20/h1-7,11,13,19-20H,8-10H2/t11-,13+/m0/s1. The molecule has 2 N–H and O–H groups in total. The van der Waals surface area contributed by atoms with Crippen LogP contribution in [0.3, 0.4) is 0 Å². The van der Waals surface area contributed by atoms with Gasteiger partial charge in [0.25, 0.3) is 0 Å². The van der Waals surface area contributed by atoms with Crippen LogP contribution in [0.5, 0.6) is 0 Å². The highest BCUT2D eigenvalue weighted by molar-refractivity contribution is 6.35. The Morgan fingerprint density at radius 2 is 2.20 bits per heavy atom. The molecule has 1 aliphatic carbocycles. The van der Waals surface area contributed by atoms with Crippen molar-refractivity contribution >= 4 is 22.5 Å². The Hall–Kier alpha value is -1.42. The van der Waals surface area contributed by atoms with Crippen LogP contribution >= 0.6 is 11.6 Å². The molecule has 2 atom stereocenters. The number of aliphatic hydroxyl groups is 1. The molecule has 1 aromatic carbocycles. The van der Waals surface area contributed by atoms with Crippen LogP contribution in [0.1, 0.15) is 12.0 Å². The Bertz CT molecular complexity index is 641. The average Bonchev–Trinajstić information content (AvgIpc) is 2.95. The number of rotatable bonds is 4. The number of nitrogens with zero attached hydrogens (tertiary/aromatic N) is 1. The van der Waals surface area contributed by atoms with Gasteiger partial charge in [0.2, 0.25) is 0 Å². The molecule has 0 unspecified atom stereocenters. The molecule has 2 aromatic rings. The lowest BCUT2D eigenvalue weighted by atomic mass is 10.1. The number of nitrogens with one attached hydrogen (secondary N) is 1. The second kappa shape index (κ2) is 5.92. The van der Waals surface area contributed by atoms with Gasteiger partial charge in [-0.25, -0.2) is 0 Å². The molecular formula is C16H17ClN2O. The first-order valence-electron chi connectivity index (χ1n) is 6.82. The van der Waals surface area contributed by atoms with Gasteiger partial charge in [0.05, 0.1) is 5.52 Å². The fraction of sp³-hybridized carbons (Fsp3) is 0.312. The molecule has 3 rings (SSSR count). The zero-order valence-electron chi connectivity index (χ0n) is 11.1. The Morgan fingerprint density at radius 1 is 1.30 bits per heavy atom. The number of aliphatic hydroxyl groups excluding tert-OH is 1. The van der Waals surface area contributed by atoms with Crippen LogP contribution in [0, 0.1) is 5.92 Å². The van der Waals surface area contributed by atoms with E-state index in [0.717, 1.165) is 34.5 Å². The van der Waals surface area contributed by atoms with Crippen molar-refractivity contribution in [2.75, 3.05) is 6.61 Å². The molecule has 0 fully saturated rings. The smallest absolute Gasteiger partial charge is 0.0761 e. The van der Waals surface area contributed by atoms with E-state index in [9.17, 15) is 0 Å². The van der Waals surface area contributed by atoms with E-state index < -0.39 is 0 Å². The molecule has 0 bridgehead atoms. The minimum atomic E-state index is 0.222. The first-order valence-corrected chi connectivity index (χ1v) is 7.20. The summed E-state index contributed by atoms with van der Waals surface area (Å²) < 4.78 is 0. The summed E-state index contributed by atoms with van der Waals surface area (Å²) in [6, 6.07) is 8.15. The number of benzene rings is 1. The summed E-state index contributed by atoms with van der Waals surface area (Å²) in [6.07, 6.45) is 6.96. The molecule has 1 aliphatic rings. The van der Waals surface area contributed by atoms with E-state index in [4.69, 9.17) is 16.7 Å². The molecule has 4 heteroatoms. The van der Waals surface area contributed by atoms with Gasteiger partial charge in [0.1, 0.15) is 0 Å². The summed E-state index contributed by atoms with van der Waals surface area (Å²) in [5.41, 5.74) is 2.10. The van der Waals surface area contributed by atoms with Crippen LogP contribution in [-0.2, 0) is 6.54 Å². The quantitative estimate of drug-likeness (QED) is 0.850. The van der Waals surface area contributed by atoms with Crippen molar-refractivity contribution in [1.82, 2.24) is 10.3 Å². The van der Waals surface area contributed by atoms with Crippen LogP contribution in [0.4, 0.5) is 0 Å². The van der Waals surface area contributed by atoms with Crippen LogP contribution in [0.15, 0.2) is 42.6 Å². The van der Waals surface area contributed by atoms with Crippen molar-refractivity contribution in [1.29, 1.82) is 0 Å². The van der Waals surface area contributed by atoms with Gasteiger partial charge in [0, 0.05) is 41.7 Å². The minimum absolute atomic E-state index is 0.222. The van der Waals surface area contributed by atoms with Crippen molar-refractivity contribution in [3.8, 4) is 0 Å². The van der Waals surface area contributed by atoms with Gasteiger partial charge >= 0.3 is 0 Å². The van der Waals surface area contributed by atoms with E-state index in [2.05, 4.69) is 22.5 Å². The summed E-state index contributed by atoms with van der Waals surface area (Å²) in [5.74, 6) is 0.285. The van der Waals surface area contributed by atoms with Crippen LogP contribution in [0.2, 0.25) is 5.02 Å². The minimum Gasteiger partial charge on any atom is -0.396 e. The van der Waals surface area contributed by atoms with Gasteiger partial charge in [-0.1, -0.05) is 29.8 Å². The fourth-order valence-electron chi connectivity index (χ4n) is 2.64.